The average Bonchev–Trinajstić information content (AvgIpc) is 2.50. The fraction of sp³-hybridized carbons (Fsp3) is 0.267. The second-order valence-electron chi connectivity index (χ2n) is 4.83. The molecule has 1 aromatic carbocycles. The Morgan fingerprint density at radius 3 is 2.73 bits per heavy atom. The van der Waals surface area contributed by atoms with E-state index < -0.39 is 10.7 Å². The third kappa shape index (κ3) is 4.31. The van der Waals surface area contributed by atoms with Crippen LogP contribution in [0.2, 0.25) is 0 Å². The maximum atomic E-state index is 13.9. The molecule has 0 saturated heterocycles. The minimum absolute atomic E-state index is 0.0607. The number of nitro groups is 1. The highest BCUT2D eigenvalue weighted by molar-refractivity contribution is 5.34. The molecule has 6 nitrogen and oxygen atoms in total. The van der Waals surface area contributed by atoms with E-state index >= 15 is 0 Å². The quantitative estimate of drug-likeness (QED) is 0.626. The number of halogens is 1. The molecule has 7 heteroatoms. The van der Waals surface area contributed by atoms with Crippen LogP contribution >= 0.6 is 0 Å². The summed E-state index contributed by atoms with van der Waals surface area (Å²) >= 11 is 0. The van der Waals surface area contributed by atoms with Crippen molar-refractivity contribution in [3.8, 4) is 0 Å². The second-order valence-corrected chi connectivity index (χ2v) is 4.83. The van der Waals surface area contributed by atoms with Gasteiger partial charge in [-0.3, -0.25) is 20.0 Å². The summed E-state index contributed by atoms with van der Waals surface area (Å²) in [4.78, 5) is 15.9. The Kier molecular flexibility index (Phi) is 5.51. The zero-order chi connectivity index (χ0) is 15.9. The first-order valence-corrected chi connectivity index (χ1v) is 6.75. The molecule has 0 unspecified atom stereocenters. The third-order valence-electron chi connectivity index (χ3n) is 3.19. The lowest BCUT2D eigenvalue weighted by molar-refractivity contribution is -0.385. The van der Waals surface area contributed by atoms with Crippen LogP contribution in [-0.4, -0.2) is 33.1 Å². The topological polar surface area (TPSA) is 79.5 Å². The van der Waals surface area contributed by atoms with Gasteiger partial charge in [0.25, 0.3) is 5.69 Å². The highest BCUT2D eigenvalue weighted by atomic mass is 19.1. The van der Waals surface area contributed by atoms with E-state index in [9.17, 15) is 14.5 Å². The Labute approximate surface area is 127 Å². The van der Waals surface area contributed by atoms with Crippen LogP contribution in [0.5, 0.6) is 0 Å². The summed E-state index contributed by atoms with van der Waals surface area (Å²) in [5, 5.41) is 19.8. The lowest BCUT2D eigenvalue weighted by atomic mass is 10.1. The van der Waals surface area contributed by atoms with Crippen molar-refractivity contribution >= 4 is 5.69 Å². The van der Waals surface area contributed by atoms with E-state index in [1.807, 2.05) is 11.0 Å². The summed E-state index contributed by atoms with van der Waals surface area (Å²) in [6.45, 7) is 1.06. The third-order valence-corrected chi connectivity index (χ3v) is 3.19. The molecule has 0 radical (unpaired) electrons. The molecule has 0 atom stereocenters. The predicted molar refractivity (Wildman–Crippen MR) is 78.5 cm³/mol. The number of hydrogen-bond donors (Lipinski definition) is 1. The molecule has 0 aliphatic rings. The largest absolute Gasteiger partial charge is 0.395 e. The van der Waals surface area contributed by atoms with Crippen molar-refractivity contribution in [3.05, 3.63) is 69.8 Å². The van der Waals surface area contributed by atoms with Crippen molar-refractivity contribution < 1.29 is 14.4 Å². The van der Waals surface area contributed by atoms with E-state index in [1.165, 1.54) is 12.1 Å². The van der Waals surface area contributed by atoms with E-state index in [2.05, 4.69) is 4.98 Å². The number of benzene rings is 1. The summed E-state index contributed by atoms with van der Waals surface area (Å²) in [6.07, 6.45) is 3.37. The molecule has 116 valence electrons. The molecule has 22 heavy (non-hydrogen) atoms. The highest BCUT2D eigenvalue weighted by Crippen LogP contribution is 2.18. The molecule has 0 aliphatic carbocycles. The van der Waals surface area contributed by atoms with Gasteiger partial charge in [-0.2, -0.15) is 0 Å². The summed E-state index contributed by atoms with van der Waals surface area (Å²) in [6, 6.07) is 7.29. The first-order chi connectivity index (χ1) is 10.6. The van der Waals surface area contributed by atoms with Crippen molar-refractivity contribution in [2.75, 3.05) is 13.2 Å². The highest BCUT2D eigenvalue weighted by Gasteiger charge is 2.14. The number of pyridine rings is 1. The maximum Gasteiger partial charge on any atom is 0.272 e. The molecule has 1 heterocycles. The molecule has 0 saturated carbocycles. The van der Waals surface area contributed by atoms with Crippen molar-refractivity contribution in [1.29, 1.82) is 0 Å². The molecule has 0 amide bonds. The minimum atomic E-state index is -0.631. The van der Waals surface area contributed by atoms with Gasteiger partial charge in [-0.25, -0.2) is 4.39 Å². The smallest absolute Gasteiger partial charge is 0.272 e. The Morgan fingerprint density at radius 1 is 1.32 bits per heavy atom. The number of non-ortho nitro benzene ring substituents is 1. The van der Waals surface area contributed by atoms with Gasteiger partial charge in [0.15, 0.2) is 0 Å². The van der Waals surface area contributed by atoms with E-state index in [0.717, 1.165) is 11.6 Å². The Morgan fingerprint density at radius 2 is 2.14 bits per heavy atom. The van der Waals surface area contributed by atoms with E-state index in [-0.39, 0.29) is 18.8 Å². The van der Waals surface area contributed by atoms with Gasteiger partial charge in [0.2, 0.25) is 0 Å². The molecule has 1 aromatic heterocycles. The van der Waals surface area contributed by atoms with Gasteiger partial charge in [-0.1, -0.05) is 6.07 Å². The number of hydrogen-bond acceptors (Lipinski definition) is 5. The Balaban J connectivity index is 2.12. The molecule has 1 N–H and O–H groups in total. The summed E-state index contributed by atoms with van der Waals surface area (Å²) < 4.78 is 13.9. The fourth-order valence-electron chi connectivity index (χ4n) is 2.12. The molecule has 0 bridgehead atoms. The van der Waals surface area contributed by atoms with Gasteiger partial charge in [0, 0.05) is 43.7 Å². The predicted octanol–water partition coefficient (Wildman–Crippen LogP) is 2.12. The van der Waals surface area contributed by atoms with Crippen LogP contribution in [0.15, 0.2) is 42.7 Å². The van der Waals surface area contributed by atoms with Crippen LogP contribution in [0.4, 0.5) is 10.1 Å². The van der Waals surface area contributed by atoms with Crippen molar-refractivity contribution in [2.24, 2.45) is 0 Å². The summed E-state index contributed by atoms with van der Waals surface area (Å²) in [5.74, 6) is -0.622. The number of aliphatic hydroxyl groups excluding tert-OH is 1. The van der Waals surface area contributed by atoms with Crippen LogP contribution in [0.3, 0.4) is 0 Å². The number of aromatic nitrogens is 1. The first-order valence-electron chi connectivity index (χ1n) is 6.75. The molecule has 2 aromatic rings. The fourth-order valence-corrected chi connectivity index (χ4v) is 2.12. The van der Waals surface area contributed by atoms with Gasteiger partial charge < -0.3 is 5.11 Å². The van der Waals surface area contributed by atoms with Crippen molar-refractivity contribution in [2.45, 2.75) is 13.1 Å². The van der Waals surface area contributed by atoms with Gasteiger partial charge in [0.05, 0.1) is 17.6 Å². The Hall–Kier alpha value is -2.38. The Bertz CT molecular complexity index is 637. The van der Waals surface area contributed by atoms with Crippen LogP contribution in [0.1, 0.15) is 11.1 Å². The van der Waals surface area contributed by atoms with Crippen LogP contribution in [0.25, 0.3) is 0 Å². The van der Waals surface area contributed by atoms with Gasteiger partial charge >= 0.3 is 0 Å². The van der Waals surface area contributed by atoms with E-state index in [1.54, 1.807) is 18.5 Å². The molecular formula is C15H16FN3O3. The minimum Gasteiger partial charge on any atom is -0.395 e. The lowest BCUT2D eigenvalue weighted by Gasteiger charge is -2.21. The van der Waals surface area contributed by atoms with Crippen LogP contribution in [-0.2, 0) is 13.1 Å². The maximum absolute atomic E-state index is 13.9. The van der Waals surface area contributed by atoms with Crippen LogP contribution in [0, 0.1) is 15.9 Å². The zero-order valence-corrected chi connectivity index (χ0v) is 11.9. The van der Waals surface area contributed by atoms with E-state index in [4.69, 9.17) is 5.11 Å². The standard InChI is InChI=1S/C15H16FN3O3/c16-15-8-14(19(21)22)4-3-13(15)11-18(6-7-20)10-12-2-1-5-17-9-12/h1-5,8-9,20H,6-7,10-11H2. The van der Waals surface area contributed by atoms with Gasteiger partial charge in [-0.05, 0) is 17.7 Å². The summed E-state index contributed by atoms with van der Waals surface area (Å²) in [7, 11) is 0. The average molecular weight is 305 g/mol. The SMILES string of the molecule is O=[N+]([O-])c1ccc(CN(CCO)Cc2cccnc2)c(F)c1. The molecule has 0 aliphatic heterocycles. The first kappa shape index (κ1) is 16.0. The number of nitrogens with zero attached hydrogens (tertiary/aromatic N) is 3. The molecule has 0 spiro atoms. The summed E-state index contributed by atoms with van der Waals surface area (Å²) in [5.41, 5.74) is 1.02. The number of aliphatic hydroxyl groups is 1. The lowest BCUT2D eigenvalue weighted by Crippen LogP contribution is -2.26. The van der Waals surface area contributed by atoms with E-state index in [0.29, 0.717) is 18.7 Å². The molecule has 2 rings (SSSR count). The van der Waals surface area contributed by atoms with Gasteiger partial charge in [0.1, 0.15) is 5.82 Å². The monoisotopic (exact) mass is 305 g/mol. The second kappa shape index (κ2) is 7.58. The van der Waals surface area contributed by atoms with Gasteiger partial charge in [-0.15, -0.1) is 0 Å². The number of rotatable bonds is 7. The number of nitro benzene ring substituents is 1. The zero-order valence-electron chi connectivity index (χ0n) is 11.9. The molecule has 0 fully saturated rings. The van der Waals surface area contributed by atoms with Crippen LogP contribution < -0.4 is 0 Å². The van der Waals surface area contributed by atoms with Crippen molar-refractivity contribution in [1.82, 2.24) is 9.88 Å². The van der Waals surface area contributed by atoms with Crippen molar-refractivity contribution in [3.63, 3.8) is 0 Å². The normalized spacial score (nSPS) is 10.9. The molecular weight excluding hydrogens is 289 g/mol.